The monoisotopic (exact) mass is 397 g/mol. The van der Waals surface area contributed by atoms with E-state index in [0.717, 1.165) is 31.7 Å². The van der Waals surface area contributed by atoms with Gasteiger partial charge in [-0.05, 0) is 37.7 Å². The first-order valence-corrected chi connectivity index (χ1v) is 9.92. The number of fused-ring (bicyclic) bond motifs is 1. The Hall–Kier alpha value is -3.14. The summed E-state index contributed by atoms with van der Waals surface area (Å²) in [6.07, 6.45) is 7.62. The molecule has 1 atom stereocenters. The lowest BCUT2D eigenvalue weighted by atomic mass is 10.2. The standard InChI is InChI=1S/C19H23N7O3/c27-10-13-2-1-5-25(13)16-7-15(20-8-11-3-4-11)26-17(23-16)12(9-21-26)6-14-18(28)24-19(29)22-14/h6-7,9,11,13,27-28H,1-5,8,10H2,(H2,22,24,29)/t13-/m1/s1. The lowest BCUT2D eigenvalue weighted by molar-refractivity contribution is 0.266. The van der Waals surface area contributed by atoms with Crippen LogP contribution in [-0.4, -0.2) is 60.5 Å². The van der Waals surface area contributed by atoms with Crippen LogP contribution in [0, 0.1) is 5.92 Å². The average molecular weight is 397 g/mol. The van der Waals surface area contributed by atoms with E-state index in [-0.39, 0.29) is 24.2 Å². The van der Waals surface area contributed by atoms with E-state index in [1.807, 2.05) is 6.07 Å². The molecular formula is C19H23N7O3. The first-order chi connectivity index (χ1) is 14.1. The minimum Gasteiger partial charge on any atom is -0.493 e. The second-order valence-corrected chi connectivity index (χ2v) is 7.75. The first kappa shape index (κ1) is 17.9. The Kier molecular flexibility index (Phi) is 4.35. The third-order valence-electron chi connectivity index (χ3n) is 5.59. The maximum atomic E-state index is 11.4. The maximum Gasteiger partial charge on any atom is 0.326 e. The number of aliphatic hydroxyl groups is 1. The van der Waals surface area contributed by atoms with Crippen LogP contribution in [-0.2, 0) is 0 Å². The molecule has 1 aliphatic heterocycles. The van der Waals surface area contributed by atoms with Gasteiger partial charge in [-0.1, -0.05) is 0 Å². The molecule has 152 valence electrons. The van der Waals surface area contributed by atoms with Gasteiger partial charge in [0, 0.05) is 24.4 Å². The van der Waals surface area contributed by atoms with Gasteiger partial charge in [0.15, 0.2) is 11.1 Å². The molecule has 3 aromatic heterocycles. The van der Waals surface area contributed by atoms with E-state index in [2.05, 4.69) is 20.0 Å². The highest BCUT2D eigenvalue weighted by Crippen LogP contribution is 2.28. The van der Waals surface area contributed by atoms with Gasteiger partial charge in [0.05, 0.1) is 18.8 Å². The van der Waals surface area contributed by atoms with Gasteiger partial charge in [-0.3, -0.25) is 9.98 Å². The van der Waals surface area contributed by atoms with Crippen molar-refractivity contribution < 1.29 is 10.2 Å². The third kappa shape index (κ3) is 3.39. The van der Waals surface area contributed by atoms with Gasteiger partial charge in [0.2, 0.25) is 5.88 Å². The second-order valence-electron chi connectivity index (χ2n) is 7.75. The molecule has 0 aromatic carbocycles. The van der Waals surface area contributed by atoms with Gasteiger partial charge in [0.1, 0.15) is 11.5 Å². The number of hydrogen-bond donors (Lipinski definition) is 4. The normalized spacial score (nSPS) is 21.0. The van der Waals surface area contributed by atoms with Crippen LogP contribution in [0.15, 0.2) is 22.1 Å². The molecule has 5 rings (SSSR count). The third-order valence-corrected chi connectivity index (χ3v) is 5.59. The van der Waals surface area contributed by atoms with Crippen molar-refractivity contribution in [3.05, 3.63) is 39.1 Å². The Morgan fingerprint density at radius 1 is 1.31 bits per heavy atom. The molecule has 0 unspecified atom stereocenters. The molecule has 3 aromatic rings. The van der Waals surface area contributed by atoms with Gasteiger partial charge >= 0.3 is 5.69 Å². The number of nitrogens with one attached hydrogen (secondary N) is 2. The number of aromatic hydroxyl groups is 1. The van der Waals surface area contributed by atoms with Crippen LogP contribution in [0.3, 0.4) is 0 Å². The number of aromatic amines is 2. The summed E-state index contributed by atoms with van der Waals surface area (Å²) >= 11 is 0. The van der Waals surface area contributed by atoms with Crippen molar-refractivity contribution in [1.29, 1.82) is 0 Å². The highest BCUT2D eigenvalue weighted by Gasteiger charge is 2.26. The van der Waals surface area contributed by atoms with E-state index in [4.69, 9.17) is 9.98 Å². The van der Waals surface area contributed by atoms with Gasteiger partial charge in [-0.25, -0.2) is 9.78 Å². The minimum absolute atomic E-state index is 0.0432. The highest BCUT2D eigenvalue weighted by molar-refractivity contribution is 5.58. The lowest BCUT2D eigenvalue weighted by Crippen LogP contribution is -2.34. The summed E-state index contributed by atoms with van der Waals surface area (Å²) in [5.74, 6) is 1.16. The van der Waals surface area contributed by atoms with E-state index in [0.29, 0.717) is 22.3 Å². The summed E-state index contributed by atoms with van der Waals surface area (Å²) in [5, 5.41) is 24.7. The number of nitrogens with zero attached hydrogens (tertiary/aromatic N) is 5. The molecule has 4 N–H and O–H groups in total. The quantitative estimate of drug-likeness (QED) is 0.448. The van der Waals surface area contributed by atoms with E-state index < -0.39 is 5.69 Å². The zero-order valence-electron chi connectivity index (χ0n) is 15.9. The second kappa shape index (κ2) is 7.03. The number of aliphatic hydroxyl groups excluding tert-OH is 1. The fourth-order valence-electron chi connectivity index (χ4n) is 3.81. The van der Waals surface area contributed by atoms with Crippen LogP contribution in [0.5, 0.6) is 5.88 Å². The summed E-state index contributed by atoms with van der Waals surface area (Å²) in [6.45, 7) is 1.67. The van der Waals surface area contributed by atoms with Crippen molar-refractivity contribution in [3.8, 4) is 5.88 Å². The number of rotatable bonds is 5. The number of imidazole rings is 1. The summed E-state index contributed by atoms with van der Waals surface area (Å²) < 4.78 is 1.68. The Morgan fingerprint density at radius 3 is 2.90 bits per heavy atom. The molecule has 29 heavy (non-hydrogen) atoms. The van der Waals surface area contributed by atoms with Crippen molar-refractivity contribution >= 4 is 17.5 Å². The topological polar surface area (TPSA) is 135 Å². The SMILES string of the molecule is O=c1[nH]c(O)c(C=c2cnn3c(=NCC4CC4)cc(N4CCC[C@@H]4CO)nc23)[nH]1. The van der Waals surface area contributed by atoms with Crippen LogP contribution in [0.4, 0.5) is 5.82 Å². The van der Waals surface area contributed by atoms with Gasteiger partial charge < -0.3 is 20.1 Å². The molecule has 2 fully saturated rings. The van der Waals surface area contributed by atoms with Crippen molar-refractivity contribution in [2.24, 2.45) is 10.9 Å². The molecule has 0 spiro atoms. The maximum absolute atomic E-state index is 11.4. The van der Waals surface area contributed by atoms with Crippen molar-refractivity contribution in [1.82, 2.24) is 24.6 Å². The number of aromatic nitrogens is 5. The zero-order valence-corrected chi connectivity index (χ0v) is 15.9. The Bertz CT molecular complexity index is 1220. The highest BCUT2D eigenvalue weighted by atomic mass is 16.3. The molecule has 0 radical (unpaired) electrons. The molecule has 2 aliphatic rings. The Labute approximate surface area is 165 Å². The Balaban J connectivity index is 1.69. The number of H-pyrrole nitrogens is 2. The largest absolute Gasteiger partial charge is 0.493 e. The van der Waals surface area contributed by atoms with Crippen molar-refractivity contribution in [2.75, 3.05) is 24.6 Å². The minimum atomic E-state index is -0.484. The van der Waals surface area contributed by atoms with Crippen LogP contribution >= 0.6 is 0 Å². The molecule has 0 amide bonds. The molecule has 10 nitrogen and oxygen atoms in total. The summed E-state index contributed by atoms with van der Waals surface area (Å²) in [4.78, 5) is 28.0. The van der Waals surface area contributed by atoms with E-state index in [9.17, 15) is 15.0 Å². The summed E-state index contributed by atoms with van der Waals surface area (Å²) in [5.41, 5.74) is 1.08. The van der Waals surface area contributed by atoms with Crippen LogP contribution in [0.25, 0.3) is 11.7 Å². The fourth-order valence-corrected chi connectivity index (χ4v) is 3.81. The Morgan fingerprint density at radius 2 is 2.17 bits per heavy atom. The van der Waals surface area contributed by atoms with Gasteiger partial charge in [-0.2, -0.15) is 9.61 Å². The molecular weight excluding hydrogens is 374 g/mol. The van der Waals surface area contributed by atoms with Crippen molar-refractivity contribution in [2.45, 2.75) is 31.7 Å². The van der Waals surface area contributed by atoms with E-state index in [1.165, 1.54) is 12.8 Å². The molecule has 10 heteroatoms. The van der Waals surface area contributed by atoms with E-state index >= 15 is 0 Å². The molecule has 0 bridgehead atoms. The lowest BCUT2D eigenvalue weighted by Gasteiger charge is -2.24. The molecule has 1 saturated carbocycles. The average Bonchev–Trinajstić information content (AvgIpc) is 3.11. The summed E-state index contributed by atoms with van der Waals surface area (Å²) in [6, 6.07) is 1.97. The molecule has 4 heterocycles. The van der Waals surface area contributed by atoms with Gasteiger partial charge in [-0.15, -0.1) is 0 Å². The molecule has 1 saturated heterocycles. The van der Waals surface area contributed by atoms with Crippen molar-refractivity contribution in [3.63, 3.8) is 0 Å². The summed E-state index contributed by atoms with van der Waals surface area (Å²) in [7, 11) is 0. The van der Waals surface area contributed by atoms with E-state index in [1.54, 1.807) is 16.8 Å². The number of hydrogen-bond acceptors (Lipinski definition) is 7. The molecule has 1 aliphatic carbocycles. The van der Waals surface area contributed by atoms with Crippen LogP contribution in [0.1, 0.15) is 31.4 Å². The number of anilines is 1. The fraction of sp³-hybridized carbons (Fsp3) is 0.474. The predicted molar refractivity (Wildman–Crippen MR) is 105 cm³/mol. The zero-order chi connectivity index (χ0) is 20.0. The van der Waals surface area contributed by atoms with Crippen LogP contribution < -0.4 is 21.3 Å². The van der Waals surface area contributed by atoms with Gasteiger partial charge in [0.25, 0.3) is 0 Å². The first-order valence-electron chi connectivity index (χ1n) is 9.92. The van der Waals surface area contributed by atoms with Crippen LogP contribution in [0.2, 0.25) is 0 Å². The predicted octanol–water partition coefficient (Wildman–Crippen LogP) is -0.729. The smallest absolute Gasteiger partial charge is 0.326 e.